The summed E-state index contributed by atoms with van der Waals surface area (Å²) in [5, 5.41) is 3.37. The lowest BCUT2D eigenvalue weighted by molar-refractivity contribution is -0.126. The zero-order valence-electron chi connectivity index (χ0n) is 16.0. The zero-order chi connectivity index (χ0) is 20.9. The number of amides is 1. The standard InChI is InChI=1S/C21H24ClFN2O3S/c22-18-7-11-20(12-8-18)29(27,28)25-14-2-4-17(15-25)21(26)24-13-1-3-16-5-9-19(23)10-6-16/h5-12,17H,1-4,13-15H2,(H,24,26)/t17-/m1/s1. The zero-order valence-corrected chi connectivity index (χ0v) is 17.6. The highest BCUT2D eigenvalue weighted by molar-refractivity contribution is 7.89. The third-order valence-electron chi connectivity index (χ3n) is 5.06. The van der Waals surface area contributed by atoms with E-state index < -0.39 is 10.0 Å². The van der Waals surface area contributed by atoms with Gasteiger partial charge in [-0.15, -0.1) is 0 Å². The Morgan fingerprint density at radius 3 is 2.52 bits per heavy atom. The number of benzene rings is 2. The first kappa shape index (κ1) is 21.7. The van der Waals surface area contributed by atoms with Gasteiger partial charge in [-0.2, -0.15) is 4.31 Å². The summed E-state index contributed by atoms with van der Waals surface area (Å²) in [7, 11) is -3.65. The molecule has 0 unspecified atom stereocenters. The molecule has 2 aromatic carbocycles. The molecular formula is C21H24ClFN2O3S. The molecule has 3 rings (SSSR count). The van der Waals surface area contributed by atoms with E-state index >= 15 is 0 Å². The second-order valence-corrected chi connectivity index (χ2v) is 9.55. The van der Waals surface area contributed by atoms with Gasteiger partial charge in [0.15, 0.2) is 0 Å². The molecule has 1 heterocycles. The lowest BCUT2D eigenvalue weighted by atomic mass is 9.99. The smallest absolute Gasteiger partial charge is 0.243 e. The Morgan fingerprint density at radius 2 is 1.83 bits per heavy atom. The van der Waals surface area contributed by atoms with E-state index in [2.05, 4.69) is 5.32 Å². The van der Waals surface area contributed by atoms with Gasteiger partial charge in [0.05, 0.1) is 10.8 Å². The van der Waals surface area contributed by atoms with Crippen molar-refractivity contribution in [3.8, 4) is 0 Å². The number of rotatable bonds is 7. The average molecular weight is 439 g/mol. The number of halogens is 2. The van der Waals surface area contributed by atoms with E-state index in [4.69, 9.17) is 11.6 Å². The van der Waals surface area contributed by atoms with E-state index in [1.165, 1.54) is 28.6 Å². The Labute approximate surface area is 175 Å². The van der Waals surface area contributed by atoms with Crippen molar-refractivity contribution < 1.29 is 17.6 Å². The molecule has 2 aromatic rings. The van der Waals surface area contributed by atoms with Crippen LogP contribution in [0.15, 0.2) is 53.4 Å². The fourth-order valence-corrected chi connectivity index (χ4v) is 5.08. The molecule has 0 saturated carbocycles. The maximum atomic E-state index is 12.9. The van der Waals surface area contributed by atoms with Crippen LogP contribution in [-0.2, 0) is 21.2 Å². The van der Waals surface area contributed by atoms with Crippen LogP contribution in [0.25, 0.3) is 0 Å². The van der Waals surface area contributed by atoms with Gasteiger partial charge in [-0.25, -0.2) is 12.8 Å². The summed E-state index contributed by atoms with van der Waals surface area (Å²) < 4.78 is 40.0. The highest BCUT2D eigenvalue weighted by Gasteiger charge is 2.33. The van der Waals surface area contributed by atoms with Crippen LogP contribution in [0.3, 0.4) is 0 Å². The first-order chi connectivity index (χ1) is 13.9. The van der Waals surface area contributed by atoms with Crippen LogP contribution in [0.2, 0.25) is 5.02 Å². The van der Waals surface area contributed by atoms with Crippen molar-refractivity contribution in [2.45, 2.75) is 30.6 Å². The Balaban J connectivity index is 1.51. The minimum atomic E-state index is -3.65. The SMILES string of the molecule is O=C(NCCCc1ccc(F)cc1)[C@@H]1CCCN(S(=O)(=O)c2ccc(Cl)cc2)C1. The topological polar surface area (TPSA) is 66.5 Å². The Bertz CT molecular complexity index is 933. The predicted octanol–water partition coefficient (Wildman–Crippen LogP) is 3.63. The molecule has 1 fully saturated rings. The number of nitrogens with one attached hydrogen (secondary N) is 1. The van der Waals surface area contributed by atoms with Gasteiger partial charge in [0.25, 0.3) is 0 Å². The largest absolute Gasteiger partial charge is 0.356 e. The number of carbonyl (C=O) groups excluding carboxylic acids is 1. The predicted molar refractivity (Wildman–Crippen MR) is 111 cm³/mol. The van der Waals surface area contributed by atoms with Crippen LogP contribution in [0.4, 0.5) is 4.39 Å². The van der Waals surface area contributed by atoms with Gasteiger partial charge >= 0.3 is 0 Å². The van der Waals surface area contributed by atoms with Crippen LogP contribution in [0.1, 0.15) is 24.8 Å². The molecule has 0 aromatic heterocycles. The molecule has 1 aliphatic heterocycles. The van der Waals surface area contributed by atoms with Crippen molar-refractivity contribution in [1.29, 1.82) is 0 Å². The molecule has 0 aliphatic carbocycles. The van der Waals surface area contributed by atoms with Crippen molar-refractivity contribution in [3.05, 3.63) is 64.9 Å². The monoisotopic (exact) mass is 438 g/mol. The summed E-state index contributed by atoms with van der Waals surface area (Å²) >= 11 is 5.84. The molecule has 1 saturated heterocycles. The highest BCUT2D eigenvalue weighted by atomic mass is 35.5. The minimum absolute atomic E-state index is 0.125. The molecule has 0 spiro atoms. The number of sulfonamides is 1. The lowest BCUT2D eigenvalue weighted by Gasteiger charge is -2.31. The maximum Gasteiger partial charge on any atom is 0.243 e. The highest BCUT2D eigenvalue weighted by Crippen LogP contribution is 2.24. The first-order valence-electron chi connectivity index (χ1n) is 9.64. The normalized spacial score (nSPS) is 17.8. The molecule has 8 heteroatoms. The Morgan fingerprint density at radius 1 is 1.14 bits per heavy atom. The van der Waals surface area contributed by atoms with Crippen molar-refractivity contribution in [1.82, 2.24) is 9.62 Å². The van der Waals surface area contributed by atoms with Gasteiger partial charge in [0, 0.05) is 24.7 Å². The number of hydrogen-bond donors (Lipinski definition) is 1. The summed E-state index contributed by atoms with van der Waals surface area (Å²) in [6.45, 7) is 1.07. The lowest BCUT2D eigenvalue weighted by Crippen LogP contribution is -2.45. The van der Waals surface area contributed by atoms with Crippen molar-refractivity contribution >= 4 is 27.5 Å². The Kier molecular flexibility index (Phi) is 7.27. The number of carbonyl (C=O) groups is 1. The van der Waals surface area contributed by atoms with Crippen LogP contribution >= 0.6 is 11.6 Å². The van der Waals surface area contributed by atoms with Gasteiger partial charge < -0.3 is 5.32 Å². The number of hydrogen-bond acceptors (Lipinski definition) is 3. The molecule has 29 heavy (non-hydrogen) atoms. The van der Waals surface area contributed by atoms with E-state index in [9.17, 15) is 17.6 Å². The minimum Gasteiger partial charge on any atom is -0.356 e. The third kappa shape index (κ3) is 5.78. The summed E-state index contributed by atoms with van der Waals surface area (Å²) in [6.07, 6.45) is 2.77. The van der Waals surface area contributed by atoms with Gasteiger partial charge in [-0.1, -0.05) is 23.7 Å². The van der Waals surface area contributed by atoms with E-state index in [1.807, 2.05) is 0 Å². The van der Waals surface area contributed by atoms with E-state index in [0.717, 1.165) is 18.4 Å². The van der Waals surface area contributed by atoms with Crippen LogP contribution in [-0.4, -0.2) is 38.3 Å². The molecule has 5 nitrogen and oxygen atoms in total. The summed E-state index contributed by atoms with van der Waals surface area (Å²) in [6, 6.07) is 12.4. The van der Waals surface area contributed by atoms with E-state index in [0.29, 0.717) is 31.0 Å². The Hall–Kier alpha value is -1.96. The van der Waals surface area contributed by atoms with Gasteiger partial charge in [0.1, 0.15) is 5.82 Å². The van der Waals surface area contributed by atoms with Crippen LogP contribution in [0, 0.1) is 11.7 Å². The van der Waals surface area contributed by atoms with Crippen LogP contribution < -0.4 is 5.32 Å². The van der Waals surface area contributed by atoms with Crippen LogP contribution in [0.5, 0.6) is 0 Å². The van der Waals surface area contributed by atoms with Gasteiger partial charge in [-0.05, 0) is 67.6 Å². The van der Waals surface area contributed by atoms with Crippen molar-refractivity contribution in [2.75, 3.05) is 19.6 Å². The molecule has 156 valence electrons. The third-order valence-corrected chi connectivity index (χ3v) is 7.19. The fraction of sp³-hybridized carbons (Fsp3) is 0.381. The van der Waals surface area contributed by atoms with Crippen molar-refractivity contribution in [2.24, 2.45) is 5.92 Å². The quantitative estimate of drug-likeness (QED) is 0.671. The number of nitrogens with zero attached hydrogens (tertiary/aromatic N) is 1. The van der Waals surface area contributed by atoms with E-state index in [1.54, 1.807) is 24.3 Å². The fourth-order valence-electron chi connectivity index (χ4n) is 3.43. The number of aryl methyl sites for hydroxylation is 1. The molecule has 0 radical (unpaired) electrons. The first-order valence-corrected chi connectivity index (χ1v) is 11.5. The average Bonchev–Trinajstić information content (AvgIpc) is 2.73. The van der Waals surface area contributed by atoms with Gasteiger partial charge in [0.2, 0.25) is 15.9 Å². The molecule has 0 bridgehead atoms. The molecule has 1 aliphatic rings. The second kappa shape index (κ2) is 9.69. The summed E-state index contributed by atoms with van der Waals surface area (Å²) in [5.74, 6) is -0.755. The summed E-state index contributed by atoms with van der Waals surface area (Å²) in [4.78, 5) is 12.7. The molecule has 1 N–H and O–H groups in total. The van der Waals surface area contributed by atoms with E-state index in [-0.39, 0.29) is 29.1 Å². The van der Waals surface area contributed by atoms with Gasteiger partial charge in [-0.3, -0.25) is 4.79 Å². The second-order valence-electron chi connectivity index (χ2n) is 7.18. The molecule has 1 atom stereocenters. The van der Waals surface area contributed by atoms with Crippen molar-refractivity contribution in [3.63, 3.8) is 0 Å². The maximum absolute atomic E-state index is 12.9. The summed E-state index contributed by atoms with van der Waals surface area (Å²) in [5.41, 5.74) is 1.01. The molecule has 1 amide bonds. The molecular weight excluding hydrogens is 415 g/mol. The number of piperidine rings is 1.